The Morgan fingerprint density at radius 3 is 2.29 bits per heavy atom. The van der Waals surface area contributed by atoms with Gasteiger partial charge in [-0.05, 0) is 79.8 Å². The molecule has 172 valence electrons. The Morgan fingerprint density at radius 2 is 1.62 bits per heavy atom. The van der Waals surface area contributed by atoms with Crippen molar-refractivity contribution in [3.63, 3.8) is 0 Å². The molecule has 0 unspecified atom stereocenters. The van der Waals surface area contributed by atoms with Gasteiger partial charge in [-0.1, -0.05) is 47.5 Å². The molecular weight excluding hydrogens is 428 g/mol. The topological polar surface area (TPSA) is 75.7 Å². The highest BCUT2D eigenvalue weighted by Crippen LogP contribution is 2.27. The highest BCUT2D eigenvalue weighted by Gasteiger charge is 2.37. The van der Waals surface area contributed by atoms with Gasteiger partial charge in [0.15, 0.2) is 0 Å². The first kappa shape index (κ1) is 23.0. The van der Waals surface area contributed by atoms with Crippen molar-refractivity contribution < 1.29 is 19.1 Å². The van der Waals surface area contributed by atoms with Gasteiger partial charge in [-0.25, -0.2) is 9.69 Å². The SMILES string of the molecule is COc1ccc(/C=C2\C(=O)NC(=O)N(c3cccc(C)c3)C2=O)c(Cc2cc(C)cc(C)c2)c1. The van der Waals surface area contributed by atoms with E-state index in [0.717, 1.165) is 32.7 Å². The van der Waals surface area contributed by atoms with Gasteiger partial charge < -0.3 is 4.74 Å². The number of hydrogen-bond acceptors (Lipinski definition) is 4. The number of carbonyl (C=O) groups excluding carboxylic acids is 3. The van der Waals surface area contributed by atoms with Crippen LogP contribution in [0.25, 0.3) is 6.08 Å². The molecule has 0 saturated carbocycles. The summed E-state index contributed by atoms with van der Waals surface area (Å²) in [6.45, 7) is 5.97. The maximum atomic E-state index is 13.3. The number of urea groups is 1. The number of rotatable bonds is 5. The van der Waals surface area contributed by atoms with Gasteiger partial charge >= 0.3 is 6.03 Å². The molecule has 1 N–H and O–H groups in total. The van der Waals surface area contributed by atoms with E-state index < -0.39 is 17.8 Å². The third-order valence-electron chi connectivity index (χ3n) is 5.69. The summed E-state index contributed by atoms with van der Waals surface area (Å²) in [4.78, 5) is 39.5. The van der Waals surface area contributed by atoms with Crippen LogP contribution in [0.4, 0.5) is 10.5 Å². The monoisotopic (exact) mass is 454 g/mol. The molecule has 1 fully saturated rings. The molecule has 0 atom stereocenters. The van der Waals surface area contributed by atoms with Crippen LogP contribution in [0.2, 0.25) is 0 Å². The number of ether oxygens (including phenoxy) is 1. The lowest BCUT2D eigenvalue weighted by atomic mass is 9.95. The summed E-state index contributed by atoms with van der Waals surface area (Å²) in [5.74, 6) is -0.697. The van der Waals surface area contributed by atoms with E-state index >= 15 is 0 Å². The third-order valence-corrected chi connectivity index (χ3v) is 5.69. The molecule has 4 amide bonds. The van der Waals surface area contributed by atoms with E-state index in [-0.39, 0.29) is 5.57 Å². The first-order chi connectivity index (χ1) is 16.2. The molecule has 3 aromatic carbocycles. The first-order valence-corrected chi connectivity index (χ1v) is 11.0. The standard InChI is InChI=1S/C28H26N2O4/c1-17-6-5-7-23(13-17)30-27(32)25(26(31)29-28(30)33)16-21-8-9-24(34-4)15-22(21)14-20-11-18(2)10-19(3)12-20/h5-13,15-16H,14H2,1-4H3,(H,29,31,33)/b25-16+. The minimum Gasteiger partial charge on any atom is -0.497 e. The summed E-state index contributed by atoms with van der Waals surface area (Å²) >= 11 is 0. The molecule has 4 rings (SSSR count). The van der Waals surface area contributed by atoms with Crippen molar-refractivity contribution in [2.75, 3.05) is 12.0 Å². The van der Waals surface area contributed by atoms with Crippen molar-refractivity contribution in [2.45, 2.75) is 27.2 Å². The number of anilines is 1. The molecule has 1 heterocycles. The van der Waals surface area contributed by atoms with Crippen LogP contribution >= 0.6 is 0 Å². The predicted octanol–water partition coefficient (Wildman–Crippen LogP) is 4.88. The Hall–Kier alpha value is -4.19. The van der Waals surface area contributed by atoms with E-state index in [9.17, 15) is 14.4 Å². The lowest BCUT2D eigenvalue weighted by Gasteiger charge is -2.26. The predicted molar refractivity (Wildman–Crippen MR) is 132 cm³/mol. The van der Waals surface area contributed by atoms with Crippen LogP contribution in [0.15, 0.2) is 66.2 Å². The van der Waals surface area contributed by atoms with E-state index in [2.05, 4.69) is 23.5 Å². The molecule has 1 aliphatic heterocycles. The summed E-state index contributed by atoms with van der Waals surface area (Å²) in [5.41, 5.74) is 6.24. The van der Waals surface area contributed by atoms with Gasteiger partial charge in [0, 0.05) is 0 Å². The zero-order valence-corrected chi connectivity index (χ0v) is 19.6. The molecular formula is C28H26N2O4. The highest BCUT2D eigenvalue weighted by atomic mass is 16.5. The quantitative estimate of drug-likeness (QED) is 0.441. The number of methoxy groups -OCH3 is 1. The molecule has 6 nitrogen and oxygen atoms in total. The van der Waals surface area contributed by atoms with E-state index in [1.165, 1.54) is 0 Å². The zero-order chi connectivity index (χ0) is 24.4. The van der Waals surface area contributed by atoms with Crippen LogP contribution in [0.3, 0.4) is 0 Å². The van der Waals surface area contributed by atoms with Gasteiger partial charge in [0.25, 0.3) is 11.8 Å². The largest absolute Gasteiger partial charge is 0.497 e. The van der Waals surface area contributed by atoms with Crippen molar-refractivity contribution in [3.8, 4) is 5.75 Å². The van der Waals surface area contributed by atoms with Crippen molar-refractivity contribution >= 4 is 29.6 Å². The highest BCUT2D eigenvalue weighted by molar-refractivity contribution is 6.39. The number of imide groups is 2. The zero-order valence-electron chi connectivity index (χ0n) is 19.6. The summed E-state index contributed by atoms with van der Waals surface area (Å²) < 4.78 is 5.41. The molecule has 0 spiro atoms. The molecule has 0 bridgehead atoms. The Kier molecular flexibility index (Phi) is 6.32. The number of amides is 4. The Labute approximate surface area is 198 Å². The van der Waals surface area contributed by atoms with Crippen LogP contribution in [0.1, 0.15) is 33.4 Å². The lowest BCUT2D eigenvalue weighted by Crippen LogP contribution is -2.54. The fourth-order valence-electron chi connectivity index (χ4n) is 4.21. The summed E-state index contributed by atoms with van der Waals surface area (Å²) in [7, 11) is 1.59. The minimum absolute atomic E-state index is 0.104. The molecule has 34 heavy (non-hydrogen) atoms. The maximum absolute atomic E-state index is 13.3. The van der Waals surface area contributed by atoms with Crippen molar-refractivity contribution in [2.24, 2.45) is 0 Å². The second-order valence-electron chi connectivity index (χ2n) is 8.53. The third kappa shape index (κ3) is 4.76. The Bertz CT molecular complexity index is 1320. The summed E-state index contributed by atoms with van der Waals surface area (Å²) in [6, 6.07) is 18.1. The molecule has 1 saturated heterocycles. The van der Waals surface area contributed by atoms with Gasteiger partial charge in [-0.2, -0.15) is 0 Å². The number of hydrogen-bond donors (Lipinski definition) is 1. The minimum atomic E-state index is -0.761. The van der Waals surface area contributed by atoms with Crippen LogP contribution in [0.5, 0.6) is 5.75 Å². The van der Waals surface area contributed by atoms with E-state index in [1.807, 2.05) is 39.0 Å². The van der Waals surface area contributed by atoms with E-state index in [0.29, 0.717) is 23.4 Å². The lowest BCUT2D eigenvalue weighted by molar-refractivity contribution is -0.122. The fraction of sp³-hybridized carbons (Fsp3) is 0.179. The van der Waals surface area contributed by atoms with Crippen LogP contribution in [-0.2, 0) is 16.0 Å². The van der Waals surface area contributed by atoms with Crippen molar-refractivity contribution in [3.05, 3.63) is 99.6 Å². The summed E-state index contributed by atoms with van der Waals surface area (Å²) in [6.07, 6.45) is 2.14. The molecule has 1 aliphatic rings. The van der Waals surface area contributed by atoms with Gasteiger partial charge in [-0.15, -0.1) is 0 Å². The average molecular weight is 455 g/mol. The fourth-order valence-corrected chi connectivity index (χ4v) is 4.21. The molecule has 0 aromatic heterocycles. The Balaban J connectivity index is 1.76. The second kappa shape index (κ2) is 9.35. The molecule has 0 radical (unpaired) electrons. The molecule has 3 aromatic rings. The number of nitrogens with zero attached hydrogens (tertiary/aromatic N) is 1. The maximum Gasteiger partial charge on any atom is 0.335 e. The van der Waals surface area contributed by atoms with E-state index in [4.69, 9.17) is 4.74 Å². The van der Waals surface area contributed by atoms with Gasteiger partial charge in [0.2, 0.25) is 0 Å². The second-order valence-corrected chi connectivity index (χ2v) is 8.53. The average Bonchev–Trinajstić information content (AvgIpc) is 2.76. The van der Waals surface area contributed by atoms with Gasteiger partial charge in [0.05, 0.1) is 12.8 Å². The van der Waals surface area contributed by atoms with Gasteiger partial charge in [-0.3, -0.25) is 14.9 Å². The first-order valence-electron chi connectivity index (χ1n) is 11.0. The Morgan fingerprint density at radius 1 is 0.882 bits per heavy atom. The molecule has 0 aliphatic carbocycles. The smallest absolute Gasteiger partial charge is 0.335 e. The van der Waals surface area contributed by atoms with Crippen molar-refractivity contribution in [1.29, 1.82) is 0 Å². The number of carbonyl (C=O) groups is 3. The van der Waals surface area contributed by atoms with Crippen LogP contribution in [-0.4, -0.2) is 25.0 Å². The van der Waals surface area contributed by atoms with E-state index in [1.54, 1.807) is 37.5 Å². The number of benzene rings is 3. The van der Waals surface area contributed by atoms with Crippen LogP contribution < -0.4 is 15.0 Å². The number of barbiturate groups is 1. The molecule has 6 heteroatoms. The van der Waals surface area contributed by atoms with Crippen molar-refractivity contribution in [1.82, 2.24) is 5.32 Å². The van der Waals surface area contributed by atoms with Gasteiger partial charge in [0.1, 0.15) is 11.3 Å². The van der Waals surface area contributed by atoms with Crippen LogP contribution in [0, 0.1) is 20.8 Å². The number of aryl methyl sites for hydroxylation is 3. The normalized spacial score (nSPS) is 15.0. The summed E-state index contributed by atoms with van der Waals surface area (Å²) in [5, 5.41) is 2.29. The number of nitrogens with one attached hydrogen (secondary N) is 1.